The number of carbonyl (C=O) groups excluding carboxylic acids is 1. The van der Waals surface area contributed by atoms with Crippen molar-refractivity contribution < 1.29 is 30.0 Å². The van der Waals surface area contributed by atoms with Crippen LogP contribution in [-0.2, 0) is 24.9 Å². The number of ketones is 1. The van der Waals surface area contributed by atoms with Crippen LogP contribution in [0.1, 0.15) is 41.5 Å². The van der Waals surface area contributed by atoms with Crippen molar-refractivity contribution in [3.8, 4) is 11.3 Å². The van der Waals surface area contributed by atoms with Crippen LogP contribution in [0.4, 0.5) is 0 Å². The van der Waals surface area contributed by atoms with E-state index in [0.717, 1.165) is 44.2 Å². The Morgan fingerprint density at radius 1 is 0.756 bits per heavy atom. The molecule has 0 aliphatic heterocycles. The van der Waals surface area contributed by atoms with Crippen LogP contribution in [0.15, 0.2) is 109 Å². The van der Waals surface area contributed by atoms with Crippen LogP contribution >= 0.6 is 0 Å². The van der Waals surface area contributed by atoms with Gasteiger partial charge in [0.05, 0.1) is 16.6 Å². The first-order valence-corrected chi connectivity index (χ1v) is 14.9. The van der Waals surface area contributed by atoms with Crippen LogP contribution in [0.3, 0.4) is 0 Å². The molecule has 229 valence electrons. The summed E-state index contributed by atoms with van der Waals surface area (Å²) in [5, 5.41) is 15.4. The van der Waals surface area contributed by atoms with Crippen molar-refractivity contribution in [3.63, 3.8) is 0 Å². The number of benzene rings is 4. The molecule has 0 fully saturated rings. The number of nitrogens with zero attached hydrogens (tertiary/aromatic N) is 3. The largest absolute Gasteiger partial charge is 0.512 e. The van der Waals surface area contributed by atoms with E-state index < -0.39 is 5.41 Å². The Kier molecular flexibility index (Phi) is 8.68. The summed E-state index contributed by atoms with van der Waals surface area (Å²) < 4.78 is 2.26. The maximum atomic E-state index is 11.5. The third-order valence-electron chi connectivity index (χ3n) is 7.87. The first-order chi connectivity index (χ1) is 20.9. The molecule has 45 heavy (non-hydrogen) atoms. The fourth-order valence-electron chi connectivity index (χ4n) is 5.25. The molecule has 0 saturated carbocycles. The van der Waals surface area contributed by atoms with Crippen LogP contribution in [-0.4, -0.2) is 25.3 Å². The second-order valence-electron chi connectivity index (χ2n) is 13.2. The first-order valence-electron chi connectivity index (χ1n) is 14.9. The molecule has 0 amide bonds. The van der Waals surface area contributed by atoms with Crippen molar-refractivity contribution in [1.29, 1.82) is 0 Å². The zero-order valence-corrected chi connectivity index (χ0v) is 28.7. The Hall–Kier alpha value is -4.38. The number of aliphatic hydroxyl groups is 1. The van der Waals surface area contributed by atoms with Gasteiger partial charge in [-0.1, -0.05) is 113 Å². The average molecular weight is 771 g/mol. The molecular formula is C39H36IrN3O2-. The van der Waals surface area contributed by atoms with E-state index in [0.29, 0.717) is 0 Å². The molecule has 1 radical (unpaired) electrons. The number of rotatable bonds is 2. The second-order valence-corrected chi connectivity index (χ2v) is 13.2. The van der Waals surface area contributed by atoms with E-state index in [1.807, 2.05) is 59.9 Å². The summed E-state index contributed by atoms with van der Waals surface area (Å²) in [6.07, 6.45) is 3.21. The first kappa shape index (κ1) is 32.0. The molecule has 7 rings (SSSR count). The molecule has 0 aliphatic carbocycles. The van der Waals surface area contributed by atoms with E-state index in [1.165, 1.54) is 22.2 Å². The molecule has 0 aliphatic rings. The van der Waals surface area contributed by atoms with Gasteiger partial charge in [0, 0.05) is 59.7 Å². The summed E-state index contributed by atoms with van der Waals surface area (Å²) in [6, 6.07) is 35.1. The van der Waals surface area contributed by atoms with Crippen LogP contribution in [0.2, 0.25) is 0 Å². The zero-order chi connectivity index (χ0) is 31.2. The van der Waals surface area contributed by atoms with Crippen LogP contribution in [0.25, 0.3) is 60.4 Å². The SMILES string of the molecule is CC(C)(C)C(=O)/C=C(\O)C(C)(C)C.[Ir].[c-]1c(-c2nccc3c2nc2c4ccccc4c4ccccc4n32)ccc2ccccc12. The number of allylic oxidation sites excluding steroid dienone is 2. The molecule has 0 spiro atoms. The molecule has 7 aromatic rings. The monoisotopic (exact) mass is 771 g/mol. The van der Waals surface area contributed by atoms with Gasteiger partial charge in [-0.25, -0.2) is 4.98 Å². The van der Waals surface area contributed by atoms with Crippen LogP contribution < -0.4 is 0 Å². The van der Waals surface area contributed by atoms with Gasteiger partial charge in [-0.15, -0.1) is 29.7 Å². The van der Waals surface area contributed by atoms with Gasteiger partial charge >= 0.3 is 0 Å². The maximum absolute atomic E-state index is 11.5. The average Bonchev–Trinajstić information content (AvgIpc) is 3.41. The number of fused-ring (bicyclic) bond motifs is 9. The Morgan fingerprint density at radius 2 is 1.40 bits per heavy atom. The molecule has 4 aromatic carbocycles. The number of aliphatic hydroxyl groups excluding tert-OH is 1. The summed E-state index contributed by atoms with van der Waals surface area (Å²) in [5.41, 5.74) is 5.12. The minimum absolute atomic E-state index is 0. The van der Waals surface area contributed by atoms with Crippen molar-refractivity contribution >= 4 is 54.9 Å². The number of hydrogen-bond donors (Lipinski definition) is 1. The minimum atomic E-state index is -0.417. The molecular weight excluding hydrogens is 735 g/mol. The molecule has 5 nitrogen and oxygen atoms in total. The predicted octanol–water partition coefficient (Wildman–Crippen LogP) is 9.90. The minimum Gasteiger partial charge on any atom is -0.512 e. The number of carbonyl (C=O) groups is 1. The smallest absolute Gasteiger partial charge is 0.164 e. The number of hydrogen-bond acceptors (Lipinski definition) is 4. The van der Waals surface area contributed by atoms with Crippen molar-refractivity contribution in [2.24, 2.45) is 10.8 Å². The Morgan fingerprint density at radius 3 is 2.11 bits per heavy atom. The Bertz CT molecular complexity index is 2230. The molecule has 0 unspecified atom stereocenters. The number of pyridine rings is 2. The van der Waals surface area contributed by atoms with Gasteiger partial charge in [-0.3, -0.25) is 14.2 Å². The standard InChI is InChI=1S/C28H16N3.C11H20O2.Ir/c1-2-8-19-17-20(14-13-18(19)7-1)26-27-25(15-16-29-26)31-24-12-6-5-10-22(24)21-9-3-4-11-23(21)28(31)30-27;1-10(2,3)8(12)7-9(13)11(4,5)6;/h1-16H;7,12H,1-6H3;/q-1;;/b;8-7-;. The molecule has 0 saturated heterocycles. The Labute approximate surface area is 277 Å². The fourth-order valence-corrected chi connectivity index (χ4v) is 5.25. The number of para-hydroxylation sites is 1. The van der Waals surface area contributed by atoms with Crippen molar-refractivity contribution in [1.82, 2.24) is 14.4 Å². The van der Waals surface area contributed by atoms with Gasteiger partial charge in [0.15, 0.2) is 5.78 Å². The quantitative estimate of drug-likeness (QED) is 0.0823. The van der Waals surface area contributed by atoms with E-state index >= 15 is 0 Å². The zero-order valence-electron chi connectivity index (χ0n) is 26.3. The summed E-state index contributed by atoms with van der Waals surface area (Å²) >= 11 is 0. The van der Waals surface area contributed by atoms with E-state index in [4.69, 9.17) is 9.97 Å². The van der Waals surface area contributed by atoms with Crippen molar-refractivity contribution in [2.45, 2.75) is 41.5 Å². The molecule has 1 N–H and O–H groups in total. The second kappa shape index (κ2) is 12.2. The van der Waals surface area contributed by atoms with Gasteiger partial charge in [0.2, 0.25) is 0 Å². The molecule has 6 heteroatoms. The fraction of sp³-hybridized carbons (Fsp3) is 0.205. The normalized spacial score (nSPS) is 12.4. The van der Waals surface area contributed by atoms with E-state index in [1.54, 1.807) is 0 Å². The van der Waals surface area contributed by atoms with Gasteiger partial charge < -0.3 is 5.11 Å². The Balaban J connectivity index is 0.000000246. The van der Waals surface area contributed by atoms with Gasteiger partial charge in [-0.2, -0.15) is 0 Å². The predicted molar refractivity (Wildman–Crippen MR) is 182 cm³/mol. The van der Waals surface area contributed by atoms with Gasteiger partial charge in [0.1, 0.15) is 11.4 Å². The third-order valence-corrected chi connectivity index (χ3v) is 7.87. The molecule has 3 heterocycles. The summed E-state index contributed by atoms with van der Waals surface area (Å²) in [7, 11) is 0. The van der Waals surface area contributed by atoms with Crippen molar-refractivity contribution in [3.05, 3.63) is 115 Å². The number of aromatic nitrogens is 3. The van der Waals surface area contributed by atoms with Gasteiger partial charge in [0.25, 0.3) is 0 Å². The topological polar surface area (TPSA) is 67.5 Å². The van der Waals surface area contributed by atoms with Crippen molar-refractivity contribution in [2.75, 3.05) is 0 Å². The number of imidazole rings is 1. The van der Waals surface area contributed by atoms with E-state index in [-0.39, 0.29) is 37.1 Å². The summed E-state index contributed by atoms with van der Waals surface area (Å²) in [6.45, 7) is 11.1. The van der Waals surface area contributed by atoms with Gasteiger partial charge in [-0.05, 0) is 17.5 Å². The van der Waals surface area contributed by atoms with E-state index in [9.17, 15) is 9.90 Å². The molecule has 0 atom stereocenters. The summed E-state index contributed by atoms with van der Waals surface area (Å²) in [4.78, 5) is 21.3. The molecule has 3 aromatic heterocycles. The maximum Gasteiger partial charge on any atom is 0.164 e. The van der Waals surface area contributed by atoms with E-state index in [2.05, 4.69) is 89.3 Å². The molecule has 0 bridgehead atoms. The van der Waals surface area contributed by atoms with Crippen LogP contribution in [0, 0.1) is 16.9 Å². The van der Waals surface area contributed by atoms with Crippen LogP contribution in [0.5, 0.6) is 0 Å². The summed E-state index contributed by atoms with van der Waals surface area (Å²) in [5.74, 6) is 0.104. The third kappa shape index (κ3) is 6.13.